The van der Waals surface area contributed by atoms with Gasteiger partial charge < -0.3 is 5.32 Å². The number of nitrogens with one attached hydrogen (secondary N) is 2. The van der Waals surface area contributed by atoms with Gasteiger partial charge in [-0.1, -0.05) is 6.07 Å². The van der Waals surface area contributed by atoms with Crippen molar-refractivity contribution in [3.63, 3.8) is 0 Å². The molecule has 0 aliphatic carbocycles. The van der Waals surface area contributed by atoms with Crippen LogP contribution < -0.4 is 10.0 Å². The van der Waals surface area contributed by atoms with Crippen LogP contribution in [0.25, 0.3) is 0 Å². The SMILES string of the molecule is N#Cc1c(F)cccc1S(=O)(=O)N[C@H]1CCCNC1. The predicted molar refractivity (Wildman–Crippen MR) is 67.3 cm³/mol. The molecule has 102 valence electrons. The van der Waals surface area contributed by atoms with Crippen LogP contribution in [0.15, 0.2) is 23.1 Å². The third-order valence-electron chi connectivity index (χ3n) is 3.00. The van der Waals surface area contributed by atoms with Crippen LogP contribution in [0.2, 0.25) is 0 Å². The van der Waals surface area contributed by atoms with E-state index in [9.17, 15) is 12.8 Å². The molecule has 7 heteroatoms. The van der Waals surface area contributed by atoms with E-state index in [-0.39, 0.29) is 10.9 Å². The molecule has 1 aromatic rings. The second kappa shape index (κ2) is 5.65. The van der Waals surface area contributed by atoms with E-state index in [0.717, 1.165) is 25.5 Å². The van der Waals surface area contributed by atoms with Gasteiger partial charge in [-0.15, -0.1) is 0 Å². The first-order valence-corrected chi connectivity index (χ1v) is 7.44. The van der Waals surface area contributed by atoms with Crippen molar-refractivity contribution in [3.05, 3.63) is 29.6 Å². The standard InChI is InChI=1S/C12H14FN3O2S/c13-11-4-1-5-12(10(11)7-14)19(17,18)16-9-3-2-6-15-8-9/h1,4-5,9,15-16H,2-3,6,8H2/t9-/m0/s1. The Kier molecular flexibility index (Phi) is 4.14. The lowest BCUT2D eigenvalue weighted by Gasteiger charge is -2.23. The maximum absolute atomic E-state index is 13.4. The number of piperidine rings is 1. The zero-order valence-electron chi connectivity index (χ0n) is 10.2. The summed E-state index contributed by atoms with van der Waals surface area (Å²) >= 11 is 0. The molecule has 0 saturated carbocycles. The maximum Gasteiger partial charge on any atom is 0.242 e. The number of hydrogen-bond acceptors (Lipinski definition) is 4. The van der Waals surface area contributed by atoms with Crippen LogP contribution in [-0.2, 0) is 10.0 Å². The molecule has 0 amide bonds. The summed E-state index contributed by atoms with van der Waals surface area (Å²) in [6.45, 7) is 1.40. The van der Waals surface area contributed by atoms with Gasteiger partial charge in [-0.3, -0.25) is 0 Å². The maximum atomic E-state index is 13.4. The summed E-state index contributed by atoms with van der Waals surface area (Å²) in [5, 5.41) is 12.0. The number of benzene rings is 1. The van der Waals surface area contributed by atoms with Crippen molar-refractivity contribution in [1.82, 2.24) is 10.0 Å². The van der Waals surface area contributed by atoms with Crippen LogP contribution in [0, 0.1) is 17.1 Å². The summed E-state index contributed by atoms with van der Waals surface area (Å²) in [6.07, 6.45) is 1.60. The van der Waals surface area contributed by atoms with E-state index >= 15 is 0 Å². The van der Waals surface area contributed by atoms with Crippen molar-refractivity contribution in [2.75, 3.05) is 13.1 Å². The van der Waals surface area contributed by atoms with Crippen LogP contribution in [0.3, 0.4) is 0 Å². The van der Waals surface area contributed by atoms with Crippen LogP contribution in [0.1, 0.15) is 18.4 Å². The van der Waals surface area contributed by atoms with Gasteiger partial charge in [0.15, 0.2) is 0 Å². The van der Waals surface area contributed by atoms with Gasteiger partial charge in [0.05, 0.1) is 0 Å². The highest BCUT2D eigenvalue weighted by molar-refractivity contribution is 7.89. The van der Waals surface area contributed by atoms with Crippen molar-refractivity contribution in [1.29, 1.82) is 5.26 Å². The Morgan fingerprint density at radius 2 is 2.26 bits per heavy atom. The van der Waals surface area contributed by atoms with Crippen molar-refractivity contribution in [2.24, 2.45) is 0 Å². The van der Waals surface area contributed by atoms with Gasteiger partial charge >= 0.3 is 0 Å². The molecular formula is C12H14FN3O2S. The molecule has 0 bridgehead atoms. The quantitative estimate of drug-likeness (QED) is 0.856. The third kappa shape index (κ3) is 3.10. The van der Waals surface area contributed by atoms with Gasteiger partial charge in [0, 0.05) is 12.6 Å². The second-order valence-electron chi connectivity index (χ2n) is 4.39. The molecule has 1 fully saturated rings. The zero-order valence-corrected chi connectivity index (χ0v) is 11.0. The molecule has 2 N–H and O–H groups in total. The Hall–Kier alpha value is -1.49. The van der Waals surface area contributed by atoms with E-state index < -0.39 is 21.4 Å². The minimum Gasteiger partial charge on any atom is -0.315 e. The van der Waals surface area contributed by atoms with Gasteiger partial charge in [0.1, 0.15) is 22.3 Å². The lowest BCUT2D eigenvalue weighted by molar-refractivity contribution is 0.428. The normalized spacial score (nSPS) is 19.9. The summed E-state index contributed by atoms with van der Waals surface area (Å²) in [7, 11) is -3.88. The zero-order chi connectivity index (χ0) is 13.9. The fourth-order valence-corrected chi connectivity index (χ4v) is 3.51. The first-order valence-electron chi connectivity index (χ1n) is 5.96. The van der Waals surface area contributed by atoms with Crippen LogP contribution in [0.4, 0.5) is 4.39 Å². The average molecular weight is 283 g/mol. The Labute approximate surface area is 111 Å². The number of hydrogen-bond donors (Lipinski definition) is 2. The molecule has 1 saturated heterocycles. The van der Waals surface area contributed by atoms with Crippen LogP contribution in [0.5, 0.6) is 0 Å². The fourth-order valence-electron chi connectivity index (χ4n) is 2.07. The first kappa shape index (κ1) is 13.9. The molecule has 1 atom stereocenters. The van der Waals surface area contributed by atoms with Crippen LogP contribution in [-0.4, -0.2) is 27.5 Å². The highest BCUT2D eigenvalue weighted by atomic mass is 32.2. The summed E-state index contributed by atoms with van der Waals surface area (Å²) < 4.78 is 40.3. The Morgan fingerprint density at radius 1 is 1.47 bits per heavy atom. The fraction of sp³-hybridized carbons (Fsp3) is 0.417. The highest BCUT2D eigenvalue weighted by Crippen LogP contribution is 2.18. The van der Waals surface area contributed by atoms with E-state index in [2.05, 4.69) is 10.0 Å². The molecule has 1 aliphatic heterocycles. The molecule has 2 rings (SSSR count). The number of halogens is 1. The summed E-state index contributed by atoms with van der Waals surface area (Å²) in [6, 6.07) is 4.96. The lowest BCUT2D eigenvalue weighted by atomic mass is 10.1. The Bertz CT molecular complexity index is 604. The van der Waals surface area contributed by atoms with Gasteiger partial charge in [0.25, 0.3) is 0 Å². The third-order valence-corrected chi connectivity index (χ3v) is 4.56. The summed E-state index contributed by atoms with van der Waals surface area (Å²) in [5.41, 5.74) is -0.446. The lowest BCUT2D eigenvalue weighted by Crippen LogP contribution is -2.45. The molecule has 0 unspecified atom stereocenters. The average Bonchev–Trinajstić information content (AvgIpc) is 2.39. The van der Waals surface area contributed by atoms with Gasteiger partial charge in [-0.25, -0.2) is 17.5 Å². The van der Waals surface area contributed by atoms with Crippen molar-refractivity contribution in [2.45, 2.75) is 23.8 Å². The highest BCUT2D eigenvalue weighted by Gasteiger charge is 2.25. The number of rotatable bonds is 3. The number of sulfonamides is 1. The van der Waals surface area contributed by atoms with Crippen molar-refractivity contribution in [3.8, 4) is 6.07 Å². The van der Waals surface area contributed by atoms with E-state index in [1.54, 1.807) is 6.07 Å². The van der Waals surface area contributed by atoms with E-state index in [1.807, 2.05) is 0 Å². The molecule has 1 heterocycles. The molecule has 19 heavy (non-hydrogen) atoms. The molecule has 1 aromatic carbocycles. The minimum absolute atomic E-state index is 0.228. The molecule has 0 radical (unpaired) electrons. The van der Waals surface area contributed by atoms with E-state index in [4.69, 9.17) is 5.26 Å². The van der Waals surface area contributed by atoms with E-state index in [1.165, 1.54) is 12.1 Å². The summed E-state index contributed by atoms with van der Waals surface area (Å²) in [4.78, 5) is -0.305. The Morgan fingerprint density at radius 3 is 2.89 bits per heavy atom. The van der Waals surface area contributed by atoms with Crippen LogP contribution >= 0.6 is 0 Å². The van der Waals surface area contributed by atoms with Crippen molar-refractivity contribution < 1.29 is 12.8 Å². The number of nitrogens with zero attached hydrogens (tertiary/aromatic N) is 1. The van der Waals surface area contributed by atoms with Gasteiger partial charge in [-0.2, -0.15) is 5.26 Å². The molecular weight excluding hydrogens is 269 g/mol. The second-order valence-corrected chi connectivity index (χ2v) is 6.07. The summed E-state index contributed by atoms with van der Waals surface area (Å²) in [5.74, 6) is -0.827. The number of nitriles is 1. The minimum atomic E-state index is -3.88. The largest absolute Gasteiger partial charge is 0.315 e. The van der Waals surface area contributed by atoms with E-state index in [0.29, 0.717) is 6.54 Å². The Balaban J connectivity index is 2.29. The van der Waals surface area contributed by atoms with Crippen molar-refractivity contribution >= 4 is 10.0 Å². The molecule has 0 aromatic heterocycles. The molecule has 1 aliphatic rings. The molecule has 5 nitrogen and oxygen atoms in total. The smallest absolute Gasteiger partial charge is 0.242 e. The topological polar surface area (TPSA) is 82.0 Å². The van der Waals surface area contributed by atoms with Gasteiger partial charge in [0.2, 0.25) is 10.0 Å². The molecule has 0 spiro atoms. The first-order chi connectivity index (χ1) is 9.04. The monoisotopic (exact) mass is 283 g/mol. The van der Waals surface area contributed by atoms with Gasteiger partial charge in [-0.05, 0) is 31.5 Å². The predicted octanol–water partition coefficient (Wildman–Crippen LogP) is 0.728.